The minimum Gasteiger partial charge on any atom is -0.452 e. The number of hydrogen-bond donors (Lipinski definition) is 2. The molecule has 0 atom stereocenters. The van der Waals surface area contributed by atoms with Gasteiger partial charge in [-0.2, -0.15) is 0 Å². The smallest absolute Gasteiger partial charge is 0.338 e. The molecule has 0 radical (unpaired) electrons. The minimum atomic E-state index is -0.662. The number of carbonyl (C=O) groups excluding carboxylic acids is 2. The van der Waals surface area contributed by atoms with Crippen molar-refractivity contribution in [2.75, 3.05) is 17.7 Å². The fraction of sp³-hybridized carbons (Fsp3) is 0.125. The van der Waals surface area contributed by atoms with Gasteiger partial charge in [-0.25, -0.2) is 4.79 Å². The number of carbonyl (C=O) groups is 2. The Balaban J connectivity index is 1.91. The maximum Gasteiger partial charge on any atom is 0.338 e. The molecule has 0 saturated heterocycles. The van der Waals surface area contributed by atoms with Crippen LogP contribution < -0.4 is 11.1 Å². The van der Waals surface area contributed by atoms with Crippen molar-refractivity contribution >= 4 is 46.5 Å². The van der Waals surface area contributed by atoms with Crippen molar-refractivity contribution in [3.05, 3.63) is 57.6 Å². The predicted molar refractivity (Wildman–Crippen MR) is 91.0 cm³/mol. The van der Waals surface area contributed by atoms with Crippen molar-refractivity contribution in [2.45, 2.75) is 6.92 Å². The van der Waals surface area contributed by atoms with Gasteiger partial charge in [-0.3, -0.25) is 4.79 Å². The molecular formula is C16H14Cl2N2O3. The Bertz CT molecular complexity index is 763. The van der Waals surface area contributed by atoms with Crippen LogP contribution in [0.3, 0.4) is 0 Å². The van der Waals surface area contributed by atoms with Crippen LogP contribution >= 0.6 is 23.2 Å². The maximum atomic E-state index is 11.8. The van der Waals surface area contributed by atoms with Gasteiger partial charge in [-0.05, 0) is 42.8 Å². The van der Waals surface area contributed by atoms with E-state index in [0.717, 1.165) is 5.56 Å². The monoisotopic (exact) mass is 352 g/mol. The molecule has 7 heteroatoms. The molecule has 0 saturated carbocycles. The second kappa shape index (κ2) is 7.35. The second-order valence-corrected chi connectivity index (χ2v) is 5.64. The lowest BCUT2D eigenvalue weighted by Gasteiger charge is -2.08. The zero-order chi connectivity index (χ0) is 17.0. The number of aryl methyl sites for hydroxylation is 1. The third-order valence-corrected chi connectivity index (χ3v) is 3.77. The van der Waals surface area contributed by atoms with Crippen molar-refractivity contribution in [3.63, 3.8) is 0 Å². The van der Waals surface area contributed by atoms with E-state index in [1.807, 2.05) is 6.92 Å². The molecule has 0 spiro atoms. The molecule has 120 valence electrons. The van der Waals surface area contributed by atoms with Crippen molar-refractivity contribution in [2.24, 2.45) is 0 Å². The van der Waals surface area contributed by atoms with E-state index in [9.17, 15) is 9.59 Å². The Labute approximate surface area is 143 Å². The van der Waals surface area contributed by atoms with E-state index in [1.165, 1.54) is 18.2 Å². The highest BCUT2D eigenvalue weighted by atomic mass is 35.5. The molecule has 0 bridgehead atoms. The zero-order valence-corrected chi connectivity index (χ0v) is 13.7. The molecule has 3 N–H and O–H groups in total. The van der Waals surface area contributed by atoms with Crippen LogP contribution in [0.15, 0.2) is 36.4 Å². The Morgan fingerprint density at radius 3 is 2.52 bits per heavy atom. The number of ether oxygens (including phenoxy) is 1. The molecule has 0 heterocycles. The molecule has 2 rings (SSSR count). The van der Waals surface area contributed by atoms with E-state index in [0.29, 0.717) is 15.7 Å². The van der Waals surface area contributed by atoms with Gasteiger partial charge in [0.05, 0.1) is 16.3 Å². The molecular weight excluding hydrogens is 339 g/mol. The summed E-state index contributed by atoms with van der Waals surface area (Å²) in [5, 5.41) is 3.47. The van der Waals surface area contributed by atoms with Crippen LogP contribution in [0.4, 0.5) is 11.4 Å². The summed E-state index contributed by atoms with van der Waals surface area (Å²) in [6.07, 6.45) is 0. The summed E-state index contributed by atoms with van der Waals surface area (Å²) in [7, 11) is 0. The number of halogens is 2. The highest BCUT2D eigenvalue weighted by molar-refractivity contribution is 6.33. The molecule has 0 aliphatic heterocycles. The Hall–Kier alpha value is -2.24. The van der Waals surface area contributed by atoms with Crippen LogP contribution in [0, 0.1) is 6.92 Å². The molecule has 0 aliphatic rings. The predicted octanol–water partition coefficient (Wildman–Crippen LogP) is 3.68. The number of hydrogen-bond acceptors (Lipinski definition) is 4. The van der Waals surface area contributed by atoms with Gasteiger partial charge >= 0.3 is 5.97 Å². The van der Waals surface area contributed by atoms with Crippen LogP contribution in [0.2, 0.25) is 10.0 Å². The minimum absolute atomic E-state index is 0.220. The number of benzene rings is 2. The molecule has 2 aromatic rings. The largest absolute Gasteiger partial charge is 0.452 e. The van der Waals surface area contributed by atoms with Gasteiger partial charge in [0.1, 0.15) is 0 Å². The van der Waals surface area contributed by atoms with Gasteiger partial charge in [-0.1, -0.05) is 29.3 Å². The van der Waals surface area contributed by atoms with E-state index in [2.05, 4.69) is 5.32 Å². The summed E-state index contributed by atoms with van der Waals surface area (Å²) in [5.74, 6) is -1.13. The summed E-state index contributed by atoms with van der Waals surface area (Å²) in [6, 6.07) is 9.46. The van der Waals surface area contributed by atoms with E-state index in [4.69, 9.17) is 33.7 Å². The van der Waals surface area contributed by atoms with Gasteiger partial charge in [-0.15, -0.1) is 0 Å². The lowest BCUT2D eigenvalue weighted by Crippen LogP contribution is -2.21. The number of esters is 1. The maximum absolute atomic E-state index is 11.8. The highest BCUT2D eigenvalue weighted by Crippen LogP contribution is 2.21. The summed E-state index contributed by atoms with van der Waals surface area (Å²) in [4.78, 5) is 23.6. The van der Waals surface area contributed by atoms with Gasteiger partial charge in [0, 0.05) is 10.7 Å². The first-order valence-electron chi connectivity index (χ1n) is 6.65. The summed E-state index contributed by atoms with van der Waals surface area (Å²) >= 11 is 11.7. The van der Waals surface area contributed by atoms with E-state index in [-0.39, 0.29) is 11.3 Å². The standard InChI is InChI=1S/C16H14Cl2N2O3/c1-9-2-4-11(7-13(9)18)20-15(21)8-23-16(22)10-3-5-12(17)14(19)6-10/h2-7H,8,19H2,1H3,(H,20,21). The van der Waals surface area contributed by atoms with Crippen LogP contribution in [0.25, 0.3) is 0 Å². The first-order valence-corrected chi connectivity index (χ1v) is 7.40. The number of anilines is 2. The van der Waals surface area contributed by atoms with Crippen LogP contribution in [-0.2, 0) is 9.53 Å². The summed E-state index contributed by atoms with van der Waals surface area (Å²) in [6.45, 7) is 1.43. The van der Waals surface area contributed by atoms with Gasteiger partial charge in [0.2, 0.25) is 0 Å². The lowest BCUT2D eigenvalue weighted by molar-refractivity contribution is -0.119. The van der Waals surface area contributed by atoms with E-state index in [1.54, 1.807) is 18.2 Å². The molecule has 0 aromatic heterocycles. The third kappa shape index (κ3) is 4.61. The fourth-order valence-corrected chi connectivity index (χ4v) is 2.05. The lowest BCUT2D eigenvalue weighted by atomic mass is 10.2. The van der Waals surface area contributed by atoms with Crippen molar-refractivity contribution in [1.82, 2.24) is 0 Å². The van der Waals surface area contributed by atoms with Crippen molar-refractivity contribution in [3.8, 4) is 0 Å². The van der Waals surface area contributed by atoms with Crippen LogP contribution in [0.1, 0.15) is 15.9 Å². The van der Waals surface area contributed by atoms with Crippen LogP contribution in [0.5, 0.6) is 0 Å². The molecule has 0 fully saturated rings. The third-order valence-electron chi connectivity index (χ3n) is 3.02. The number of nitrogens with one attached hydrogen (secondary N) is 1. The number of rotatable bonds is 4. The van der Waals surface area contributed by atoms with Crippen molar-refractivity contribution < 1.29 is 14.3 Å². The number of amides is 1. The Morgan fingerprint density at radius 2 is 1.87 bits per heavy atom. The first-order chi connectivity index (χ1) is 10.9. The molecule has 0 aliphatic carbocycles. The molecule has 2 aromatic carbocycles. The van der Waals surface area contributed by atoms with Gasteiger partial charge < -0.3 is 15.8 Å². The average molecular weight is 353 g/mol. The molecule has 0 unspecified atom stereocenters. The number of nitrogens with two attached hydrogens (primary N) is 1. The van der Waals surface area contributed by atoms with Crippen molar-refractivity contribution in [1.29, 1.82) is 0 Å². The SMILES string of the molecule is Cc1ccc(NC(=O)COC(=O)c2ccc(Cl)c(N)c2)cc1Cl. The van der Waals surface area contributed by atoms with E-state index < -0.39 is 18.5 Å². The molecule has 1 amide bonds. The molecule has 23 heavy (non-hydrogen) atoms. The zero-order valence-electron chi connectivity index (χ0n) is 12.2. The Kier molecular flexibility index (Phi) is 5.47. The quantitative estimate of drug-likeness (QED) is 0.649. The van der Waals surface area contributed by atoms with Crippen LogP contribution in [-0.4, -0.2) is 18.5 Å². The normalized spacial score (nSPS) is 10.2. The van der Waals surface area contributed by atoms with Gasteiger partial charge in [0.15, 0.2) is 6.61 Å². The summed E-state index contributed by atoms with van der Waals surface area (Å²) < 4.78 is 4.93. The number of nitrogen functional groups attached to an aromatic ring is 1. The second-order valence-electron chi connectivity index (χ2n) is 4.82. The Morgan fingerprint density at radius 1 is 1.13 bits per heavy atom. The highest BCUT2D eigenvalue weighted by Gasteiger charge is 2.12. The summed E-state index contributed by atoms with van der Waals surface area (Å²) in [5.41, 5.74) is 7.52. The first kappa shape index (κ1) is 17.1. The van der Waals surface area contributed by atoms with Gasteiger partial charge in [0.25, 0.3) is 5.91 Å². The van der Waals surface area contributed by atoms with E-state index >= 15 is 0 Å². The fourth-order valence-electron chi connectivity index (χ4n) is 1.75. The molecule has 5 nitrogen and oxygen atoms in total. The average Bonchev–Trinajstić information content (AvgIpc) is 2.51. The topological polar surface area (TPSA) is 81.4 Å².